The average Bonchev–Trinajstić information content (AvgIpc) is 1.69. The molecular weight excluding hydrogens is 106 g/mol. The molecule has 7 heavy (non-hydrogen) atoms. The fourth-order valence-electron chi connectivity index (χ4n) is 0.909. The van der Waals surface area contributed by atoms with E-state index in [0.29, 0.717) is 5.25 Å². The van der Waals surface area contributed by atoms with Crippen molar-refractivity contribution in [3.05, 3.63) is 0 Å². The molecule has 0 unspecified atom stereocenters. The number of nitrogens with two attached hydrogens (primary N) is 1. The van der Waals surface area contributed by atoms with Crippen molar-refractivity contribution in [2.45, 2.75) is 18.1 Å². The second-order valence-corrected chi connectivity index (χ2v) is 2.83. The number of piperidine rings is 1. The summed E-state index contributed by atoms with van der Waals surface area (Å²) < 4.78 is 0. The number of rotatable bonds is 0. The van der Waals surface area contributed by atoms with Crippen LogP contribution in [0.4, 0.5) is 0 Å². The molecule has 1 aliphatic rings. The first-order chi connectivity index (χ1) is 3.39. The van der Waals surface area contributed by atoms with Crippen LogP contribution in [0.25, 0.3) is 0 Å². The summed E-state index contributed by atoms with van der Waals surface area (Å²) in [7, 11) is 0. The molecule has 0 spiro atoms. The molecule has 0 saturated carbocycles. The first-order valence-corrected chi connectivity index (χ1v) is 3.41. The van der Waals surface area contributed by atoms with Gasteiger partial charge in [0.2, 0.25) is 0 Å². The van der Waals surface area contributed by atoms with Gasteiger partial charge in [0.15, 0.2) is 0 Å². The Kier molecular flexibility index (Phi) is 2.00. The zero-order valence-electron chi connectivity index (χ0n) is 4.43. The molecule has 1 heterocycles. The van der Waals surface area contributed by atoms with Gasteiger partial charge in [-0.25, -0.2) is 0 Å². The van der Waals surface area contributed by atoms with Crippen LogP contribution in [-0.4, -0.2) is 18.3 Å². The Morgan fingerprint density at radius 3 is 2.14 bits per heavy atom. The van der Waals surface area contributed by atoms with Crippen LogP contribution in [0.5, 0.6) is 0 Å². The van der Waals surface area contributed by atoms with E-state index in [9.17, 15) is 0 Å². The van der Waals surface area contributed by atoms with Gasteiger partial charge in [0.1, 0.15) is 0 Å². The highest BCUT2D eigenvalue weighted by Gasteiger charge is 2.09. The minimum absolute atomic E-state index is 0.699. The topological polar surface area (TPSA) is 16.6 Å². The summed E-state index contributed by atoms with van der Waals surface area (Å²) in [5.41, 5.74) is 0. The minimum atomic E-state index is 0.699. The Morgan fingerprint density at radius 1 is 1.29 bits per heavy atom. The van der Waals surface area contributed by atoms with Crippen molar-refractivity contribution in [2.24, 2.45) is 0 Å². The first kappa shape index (κ1) is 5.45. The molecule has 0 aromatic rings. The second kappa shape index (κ2) is 2.58. The second-order valence-electron chi connectivity index (χ2n) is 2.10. The van der Waals surface area contributed by atoms with Crippen LogP contribution < -0.4 is 5.32 Å². The van der Waals surface area contributed by atoms with Gasteiger partial charge in [0.05, 0.1) is 13.1 Å². The molecule has 1 nitrogen and oxygen atoms in total. The molecule has 1 rings (SSSR count). The van der Waals surface area contributed by atoms with E-state index in [2.05, 4.69) is 17.9 Å². The van der Waals surface area contributed by atoms with Gasteiger partial charge < -0.3 is 5.32 Å². The molecule has 0 bridgehead atoms. The van der Waals surface area contributed by atoms with Crippen molar-refractivity contribution < 1.29 is 5.32 Å². The lowest BCUT2D eigenvalue weighted by atomic mass is 10.2. The SMILES string of the molecule is SC1CC[NH2+]CC1. The summed E-state index contributed by atoms with van der Waals surface area (Å²) in [4.78, 5) is 0. The van der Waals surface area contributed by atoms with Gasteiger partial charge in [-0.2, -0.15) is 12.6 Å². The van der Waals surface area contributed by atoms with Gasteiger partial charge in [0, 0.05) is 18.1 Å². The summed E-state index contributed by atoms with van der Waals surface area (Å²) in [5, 5.41) is 3.05. The first-order valence-electron chi connectivity index (χ1n) is 2.89. The van der Waals surface area contributed by atoms with Crippen LogP contribution in [0.15, 0.2) is 0 Å². The Bertz CT molecular complexity index is 50.0. The lowest BCUT2D eigenvalue weighted by Crippen LogP contribution is -2.86. The van der Waals surface area contributed by atoms with E-state index in [1.54, 1.807) is 0 Å². The van der Waals surface area contributed by atoms with Crippen LogP contribution in [-0.2, 0) is 0 Å². The maximum absolute atomic E-state index is 4.34. The van der Waals surface area contributed by atoms with E-state index >= 15 is 0 Å². The lowest BCUT2D eigenvalue weighted by Gasteiger charge is -2.13. The molecule has 0 atom stereocenters. The average molecular weight is 118 g/mol. The summed E-state index contributed by atoms with van der Waals surface area (Å²) in [6.45, 7) is 2.57. The predicted molar refractivity (Wildman–Crippen MR) is 33.7 cm³/mol. The smallest absolute Gasteiger partial charge is 0.0766 e. The van der Waals surface area contributed by atoms with E-state index < -0.39 is 0 Å². The maximum atomic E-state index is 4.34. The molecule has 0 radical (unpaired) electrons. The van der Waals surface area contributed by atoms with Crippen molar-refractivity contribution in [1.29, 1.82) is 0 Å². The Hall–Kier alpha value is 0.310. The summed E-state index contributed by atoms with van der Waals surface area (Å²) in [5.74, 6) is 0. The molecule has 1 fully saturated rings. The van der Waals surface area contributed by atoms with Crippen molar-refractivity contribution in [3.8, 4) is 0 Å². The fourth-order valence-corrected chi connectivity index (χ4v) is 1.21. The molecule has 0 aromatic heterocycles. The third kappa shape index (κ3) is 1.70. The molecule has 42 valence electrons. The van der Waals surface area contributed by atoms with Gasteiger partial charge in [-0.1, -0.05) is 0 Å². The van der Waals surface area contributed by atoms with E-state index in [-0.39, 0.29) is 0 Å². The van der Waals surface area contributed by atoms with Crippen LogP contribution in [0.2, 0.25) is 0 Å². The standard InChI is InChI=1S/C5H11NS/c7-5-1-3-6-4-2-5/h5-7H,1-4H2/p+1. The van der Waals surface area contributed by atoms with Gasteiger partial charge in [0.25, 0.3) is 0 Å². The number of hydrogen-bond acceptors (Lipinski definition) is 1. The third-order valence-electron chi connectivity index (χ3n) is 1.41. The van der Waals surface area contributed by atoms with E-state index in [1.807, 2.05) is 0 Å². The minimum Gasteiger partial charge on any atom is -0.346 e. The van der Waals surface area contributed by atoms with Crippen molar-refractivity contribution in [2.75, 3.05) is 13.1 Å². The van der Waals surface area contributed by atoms with Crippen LogP contribution in [0, 0.1) is 0 Å². The van der Waals surface area contributed by atoms with Crippen molar-refractivity contribution >= 4 is 12.6 Å². The molecule has 0 aromatic carbocycles. The van der Waals surface area contributed by atoms with Crippen LogP contribution in [0.1, 0.15) is 12.8 Å². The highest BCUT2D eigenvalue weighted by molar-refractivity contribution is 7.80. The summed E-state index contributed by atoms with van der Waals surface area (Å²) in [6.07, 6.45) is 2.59. The maximum Gasteiger partial charge on any atom is 0.0766 e. The zero-order chi connectivity index (χ0) is 5.11. The predicted octanol–water partition coefficient (Wildman–Crippen LogP) is -0.358. The summed E-state index contributed by atoms with van der Waals surface area (Å²) >= 11 is 4.34. The molecule has 2 heteroatoms. The summed E-state index contributed by atoms with van der Waals surface area (Å²) in [6, 6.07) is 0. The zero-order valence-corrected chi connectivity index (χ0v) is 5.32. The Balaban J connectivity index is 2.12. The fraction of sp³-hybridized carbons (Fsp3) is 1.00. The van der Waals surface area contributed by atoms with E-state index in [4.69, 9.17) is 0 Å². The van der Waals surface area contributed by atoms with Gasteiger partial charge in [-0.05, 0) is 0 Å². The molecule has 1 saturated heterocycles. The monoisotopic (exact) mass is 118 g/mol. The van der Waals surface area contributed by atoms with Gasteiger partial charge >= 0.3 is 0 Å². The highest BCUT2D eigenvalue weighted by atomic mass is 32.1. The molecule has 2 N–H and O–H groups in total. The lowest BCUT2D eigenvalue weighted by molar-refractivity contribution is -0.661. The quantitative estimate of drug-likeness (QED) is 0.404. The van der Waals surface area contributed by atoms with Crippen LogP contribution in [0.3, 0.4) is 0 Å². The van der Waals surface area contributed by atoms with Crippen molar-refractivity contribution in [3.63, 3.8) is 0 Å². The van der Waals surface area contributed by atoms with E-state index in [1.165, 1.54) is 25.9 Å². The highest BCUT2D eigenvalue weighted by Crippen LogP contribution is 2.04. The Labute approximate surface area is 49.9 Å². The molecule has 0 amide bonds. The van der Waals surface area contributed by atoms with Crippen LogP contribution >= 0.6 is 12.6 Å². The van der Waals surface area contributed by atoms with Crippen molar-refractivity contribution in [1.82, 2.24) is 0 Å². The van der Waals surface area contributed by atoms with Gasteiger partial charge in [-0.3, -0.25) is 0 Å². The normalized spacial score (nSPS) is 25.3. The largest absolute Gasteiger partial charge is 0.346 e. The number of thiol groups is 1. The molecule has 1 aliphatic heterocycles. The number of hydrogen-bond donors (Lipinski definition) is 2. The Morgan fingerprint density at radius 2 is 1.86 bits per heavy atom. The van der Waals surface area contributed by atoms with Gasteiger partial charge in [-0.15, -0.1) is 0 Å². The third-order valence-corrected chi connectivity index (χ3v) is 1.92. The number of quaternary nitrogens is 1. The molecule has 0 aliphatic carbocycles. The van der Waals surface area contributed by atoms with E-state index in [0.717, 1.165) is 0 Å². The molecular formula is C5H12NS+.